The lowest BCUT2D eigenvalue weighted by molar-refractivity contribution is -0.121. The summed E-state index contributed by atoms with van der Waals surface area (Å²) in [6.07, 6.45) is 5.73. The van der Waals surface area contributed by atoms with Gasteiger partial charge in [0.1, 0.15) is 5.75 Å². The number of amides is 1. The van der Waals surface area contributed by atoms with Crippen molar-refractivity contribution in [3.8, 4) is 5.75 Å². The normalized spacial score (nSPS) is 25.2. The third-order valence-corrected chi connectivity index (χ3v) is 5.37. The van der Waals surface area contributed by atoms with E-state index in [4.69, 9.17) is 10.4 Å². The Morgan fingerprint density at radius 2 is 2.00 bits per heavy atom. The van der Waals surface area contributed by atoms with Crippen LogP contribution in [0.25, 0.3) is 0 Å². The molecule has 0 bridgehead atoms. The second kappa shape index (κ2) is 8.10. The molecular formula is C18H25BN2O5. The molecule has 8 heteroatoms. The topological polar surface area (TPSA) is 122 Å². The number of para-hydroxylation sites is 1. The number of nitrogens with two attached hydrogens (primary N) is 1. The highest BCUT2D eigenvalue weighted by Gasteiger charge is 2.37. The molecule has 0 radical (unpaired) electrons. The second-order valence-electron chi connectivity index (χ2n) is 7.30. The van der Waals surface area contributed by atoms with Crippen LogP contribution in [0.5, 0.6) is 5.75 Å². The lowest BCUT2D eigenvalue weighted by Gasteiger charge is -2.29. The molecule has 1 aromatic rings. The molecule has 0 unspecified atom stereocenters. The predicted molar refractivity (Wildman–Crippen MR) is 96.8 cm³/mol. The zero-order chi connectivity index (χ0) is 18.7. The molecule has 0 spiro atoms. The minimum Gasteiger partial charge on any atom is -0.534 e. The van der Waals surface area contributed by atoms with Crippen molar-refractivity contribution in [1.82, 2.24) is 5.32 Å². The molecule has 0 saturated heterocycles. The van der Waals surface area contributed by atoms with E-state index in [2.05, 4.69) is 5.32 Å². The quantitative estimate of drug-likeness (QED) is 0.584. The Labute approximate surface area is 153 Å². The standard InChI is InChI=1S/C18H25BN2O5/c20-13-7-4-11(5-8-13)6-9-16(22)21-15-10-12-2-1-3-14(18(23)24)17(12)26-19(15)25/h1-3,11,13,15,25H,4-10,20H2,(H,21,22)(H,23,24)/t11-,13-,15-/m0/s1. The van der Waals surface area contributed by atoms with Gasteiger partial charge in [-0.1, -0.05) is 12.1 Å². The summed E-state index contributed by atoms with van der Waals surface area (Å²) in [6.45, 7) is 0. The van der Waals surface area contributed by atoms with Crippen LogP contribution in [0.2, 0.25) is 0 Å². The second-order valence-corrected chi connectivity index (χ2v) is 7.30. The Balaban J connectivity index is 1.54. The zero-order valence-corrected chi connectivity index (χ0v) is 14.7. The Bertz CT molecular complexity index is 676. The van der Waals surface area contributed by atoms with Crippen LogP contribution in [-0.2, 0) is 11.2 Å². The van der Waals surface area contributed by atoms with E-state index in [0.717, 1.165) is 32.1 Å². The average Bonchev–Trinajstić information content (AvgIpc) is 2.61. The molecular weight excluding hydrogens is 335 g/mol. The number of benzene rings is 1. The Morgan fingerprint density at radius 3 is 2.69 bits per heavy atom. The van der Waals surface area contributed by atoms with Crippen LogP contribution in [0.15, 0.2) is 18.2 Å². The molecule has 1 amide bonds. The van der Waals surface area contributed by atoms with Crippen molar-refractivity contribution < 1.29 is 24.4 Å². The number of carboxylic acid groups (broad SMARTS) is 1. The lowest BCUT2D eigenvalue weighted by Crippen LogP contribution is -2.53. The fraction of sp³-hybridized carbons (Fsp3) is 0.556. The van der Waals surface area contributed by atoms with Gasteiger partial charge in [0, 0.05) is 12.5 Å². The molecule has 1 aliphatic heterocycles. The molecule has 1 aliphatic carbocycles. The number of rotatable bonds is 5. The van der Waals surface area contributed by atoms with Crippen LogP contribution in [0, 0.1) is 5.92 Å². The maximum atomic E-state index is 12.3. The summed E-state index contributed by atoms with van der Waals surface area (Å²) in [5, 5.41) is 22.2. The minimum absolute atomic E-state index is 0.0156. The largest absolute Gasteiger partial charge is 0.547 e. The van der Waals surface area contributed by atoms with Crippen molar-refractivity contribution in [2.75, 3.05) is 0 Å². The number of carbonyl (C=O) groups is 2. The summed E-state index contributed by atoms with van der Waals surface area (Å²) in [7, 11) is -1.26. The van der Waals surface area contributed by atoms with E-state index in [0.29, 0.717) is 30.4 Å². The minimum atomic E-state index is -1.26. The predicted octanol–water partition coefficient (Wildman–Crippen LogP) is 1.12. The smallest absolute Gasteiger partial charge is 0.534 e. The van der Waals surface area contributed by atoms with Gasteiger partial charge in [0.2, 0.25) is 5.91 Å². The summed E-state index contributed by atoms with van der Waals surface area (Å²) < 4.78 is 5.39. The van der Waals surface area contributed by atoms with Crippen LogP contribution in [0.3, 0.4) is 0 Å². The molecule has 140 valence electrons. The van der Waals surface area contributed by atoms with Gasteiger partial charge in [0.05, 0.1) is 11.5 Å². The number of fused-ring (bicyclic) bond motifs is 1. The van der Waals surface area contributed by atoms with Gasteiger partial charge in [-0.3, -0.25) is 4.79 Å². The fourth-order valence-electron chi connectivity index (χ4n) is 3.81. The number of hydrogen-bond acceptors (Lipinski definition) is 5. The number of carbonyl (C=O) groups excluding carboxylic acids is 1. The van der Waals surface area contributed by atoms with Crippen LogP contribution >= 0.6 is 0 Å². The SMILES string of the molecule is N[C@H]1CC[C@H](CCC(=O)N[C@H]2Cc3cccc(C(=O)O)c3OB2O)CC1. The van der Waals surface area contributed by atoms with Crippen molar-refractivity contribution in [1.29, 1.82) is 0 Å². The van der Waals surface area contributed by atoms with E-state index in [-0.39, 0.29) is 17.2 Å². The van der Waals surface area contributed by atoms with Crippen molar-refractivity contribution in [2.45, 2.75) is 56.9 Å². The van der Waals surface area contributed by atoms with E-state index < -0.39 is 19.0 Å². The van der Waals surface area contributed by atoms with Gasteiger partial charge < -0.3 is 25.8 Å². The average molecular weight is 360 g/mol. The van der Waals surface area contributed by atoms with Crippen LogP contribution in [0.4, 0.5) is 0 Å². The summed E-state index contributed by atoms with van der Waals surface area (Å²) in [6, 6.07) is 5.11. The number of hydrogen-bond donors (Lipinski definition) is 4. The van der Waals surface area contributed by atoms with E-state index in [1.807, 2.05) is 0 Å². The van der Waals surface area contributed by atoms with Crippen molar-refractivity contribution in [2.24, 2.45) is 11.7 Å². The summed E-state index contributed by atoms with van der Waals surface area (Å²) >= 11 is 0. The first kappa shape index (κ1) is 18.7. The highest BCUT2D eigenvalue weighted by molar-refractivity contribution is 6.47. The first-order valence-electron chi connectivity index (χ1n) is 9.19. The monoisotopic (exact) mass is 360 g/mol. The zero-order valence-electron chi connectivity index (χ0n) is 14.7. The molecule has 0 aromatic heterocycles. The van der Waals surface area contributed by atoms with Gasteiger partial charge in [-0.25, -0.2) is 4.79 Å². The summed E-state index contributed by atoms with van der Waals surface area (Å²) in [4.78, 5) is 23.5. The van der Waals surface area contributed by atoms with Crippen LogP contribution in [-0.4, -0.2) is 41.1 Å². The molecule has 5 N–H and O–H groups in total. The van der Waals surface area contributed by atoms with Gasteiger partial charge >= 0.3 is 13.1 Å². The molecule has 1 fully saturated rings. The third-order valence-electron chi connectivity index (χ3n) is 5.37. The van der Waals surface area contributed by atoms with Crippen molar-refractivity contribution in [3.63, 3.8) is 0 Å². The van der Waals surface area contributed by atoms with Gasteiger partial charge in [-0.05, 0) is 56.1 Å². The first-order valence-corrected chi connectivity index (χ1v) is 9.19. The number of aromatic carboxylic acids is 1. The molecule has 1 saturated carbocycles. The summed E-state index contributed by atoms with van der Waals surface area (Å²) in [5.41, 5.74) is 6.59. The van der Waals surface area contributed by atoms with Crippen molar-refractivity contribution >= 4 is 19.0 Å². The lowest BCUT2D eigenvalue weighted by atomic mass is 9.72. The molecule has 26 heavy (non-hydrogen) atoms. The number of carboxylic acids is 1. The molecule has 3 rings (SSSR count). The fourth-order valence-corrected chi connectivity index (χ4v) is 3.81. The van der Waals surface area contributed by atoms with Crippen LogP contribution in [0.1, 0.15) is 54.4 Å². The molecule has 7 nitrogen and oxygen atoms in total. The highest BCUT2D eigenvalue weighted by Crippen LogP contribution is 2.30. The van der Waals surface area contributed by atoms with Gasteiger partial charge in [0.25, 0.3) is 0 Å². The van der Waals surface area contributed by atoms with Gasteiger partial charge in [0.15, 0.2) is 0 Å². The highest BCUT2D eigenvalue weighted by atomic mass is 16.5. The van der Waals surface area contributed by atoms with E-state index >= 15 is 0 Å². The van der Waals surface area contributed by atoms with E-state index in [9.17, 15) is 19.7 Å². The van der Waals surface area contributed by atoms with Gasteiger partial charge in [-0.2, -0.15) is 0 Å². The van der Waals surface area contributed by atoms with Gasteiger partial charge in [-0.15, -0.1) is 0 Å². The van der Waals surface area contributed by atoms with Crippen LogP contribution < -0.4 is 15.7 Å². The molecule has 1 aromatic carbocycles. The van der Waals surface area contributed by atoms with E-state index in [1.54, 1.807) is 12.1 Å². The van der Waals surface area contributed by atoms with Crippen molar-refractivity contribution in [3.05, 3.63) is 29.3 Å². The Hall–Kier alpha value is -2.06. The molecule has 1 heterocycles. The Kier molecular flexibility index (Phi) is 5.83. The maximum absolute atomic E-state index is 12.3. The third kappa shape index (κ3) is 4.37. The summed E-state index contributed by atoms with van der Waals surface area (Å²) in [5.74, 6) is -1.10. The van der Waals surface area contributed by atoms with E-state index in [1.165, 1.54) is 6.07 Å². The maximum Gasteiger partial charge on any atom is 0.547 e. The number of nitrogens with one attached hydrogen (secondary N) is 1. The molecule has 1 atom stereocenters. The molecule has 2 aliphatic rings. The Morgan fingerprint density at radius 1 is 1.27 bits per heavy atom. The first-order chi connectivity index (χ1) is 12.4.